The molecule has 1 unspecified atom stereocenters. The van der Waals surface area contributed by atoms with E-state index in [9.17, 15) is 19.7 Å². The van der Waals surface area contributed by atoms with Crippen molar-refractivity contribution in [2.45, 2.75) is 18.9 Å². The van der Waals surface area contributed by atoms with E-state index in [0.29, 0.717) is 35.2 Å². The van der Waals surface area contributed by atoms with Crippen molar-refractivity contribution in [1.29, 1.82) is 0 Å². The Balaban J connectivity index is 1.38. The third-order valence-electron chi connectivity index (χ3n) is 5.43. The standard InChI is InChI=1S/C22H23N7O4S/c1-27(2)16-9-5-14(6-10-16)20-25-26-21(34-20)24-19(30)18-4-3-13-28(18)22(31)23-15-7-11-17(12-8-15)29(32)33/h5-12,18H,3-4,13H2,1-2H3,(H,23,31)(H,24,26,30). The van der Waals surface area contributed by atoms with E-state index in [1.54, 1.807) is 0 Å². The molecule has 0 bridgehead atoms. The van der Waals surface area contributed by atoms with Crippen molar-refractivity contribution in [3.63, 3.8) is 0 Å². The molecule has 2 heterocycles. The largest absolute Gasteiger partial charge is 0.378 e. The molecule has 176 valence electrons. The van der Waals surface area contributed by atoms with Gasteiger partial charge in [-0.1, -0.05) is 11.3 Å². The maximum absolute atomic E-state index is 12.9. The van der Waals surface area contributed by atoms with Crippen LogP contribution in [0.3, 0.4) is 0 Å². The molecule has 11 nitrogen and oxygen atoms in total. The normalized spacial score (nSPS) is 15.1. The summed E-state index contributed by atoms with van der Waals surface area (Å²) >= 11 is 1.26. The molecule has 1 aromatic heterocycles. The van der Waals surface area contributed by atoms with E-state index in [4.69, 9.17) is 0 Å². The molecule has 1 fully saturated rings. The smallest absolute Gasteiger partial charge is 0.322 e. The molecule has 34 heavy (non-hydrogen) atoms. The molecule has 1 aliphatic heterocycles. The highest BCUT2D eigenvalue weighted by Crippen LogP contribution is 2.29. The summed E-state index contributed by atoms with van der Waals surface area (Å²) in [6.45, 7) is 0.427. The maximum Gasteiger partial charge on any atom is 0.322 e. The van der Waals surface area contributed by atoms with Crippen LogP contribution in [0.1, 0.15) is 12.8 Å². The van der Waals surface area contributed by atoms with Gasteiger partial charge in [0.1, 0.15) is 11.0 Å². The summed E-state index contributed by atoms with van der Waals surface area (Å²) in [7, 11) is 3.93. The summed E-state index contributed by atoms with van der Waals surface area (Å²) in [5.74, 6) is -0.331. The second-order valence-corrected chi connectivity index (χ2v) is 8.91. The number of carbonyl (C=O) groups excluding carboxylic acids is 2. The average Bonchev–Trinajstić information content (AvgIpc) is 3.49. The lowest BCUT2D eigenvalue weighted by Gasteiger charge is -2.23. The number of nitro benzene ring substituents is 1. The number of nitrogens with one attached hydrogen (secondary N) is 2. The van der Waals surface area contributed by atoms with Crippen molar-refractivity contribution in [2.24, 2.45) is 0 Å². The first-order chi connectivity index (χ1) is 16.3. The molecule has 3 aromatic rings. The first-order valence-corrected chi connectivity index (χ1v) is 11.4. The molecule has 2 N–H and O–H groups in total. The molecule has 4 rings (SSSR count). The molecule has 0 saturated carbocycles. The van der Waals surface area contributed by atoms with E-state index in [2.05, 4.69) is 20.8 Å². The van der Waals surface area contributed by atoms with Crippen LogP contribution in [0.5, 0.6) is 0 Å². The van der Waals surface area contributed by atoms with Gasteiger partial charge in [-0.25, -0.2) is 4.79 Å². The zero-order valence-electron chi connectivity index (χ0n) is 18.6. The first kappa shape index (κ1) is 23.1. The minimum Gasteiger partial charge on any atom is -0.378 e. The highest BCUT2D eigenvalue weighted by molar-refractivity contribution is 7.18. The summed E-state index contributed by atoms with van der Waals surface area (Å²) in [6, 6.07) is 12.3. The van der Waals surface area contributed by atoms with Crippen molar-refractivity contribution in [3.8, 4) is 10.6 Å². The third-order valence-corrected chi connectivity index (χ3v) is 6.32. The molecule has 1 saturated heterocycles. The van der Waals surface area contributed by atoms with Crippen molar-refractivity contribution in [2.75, 3.05) is 36.2 Å². The van der Waals surface area contributed by atoms with Crippen LogP contribution >= 0.6 is 11.3 Å². The lowest BCUT2D eigenvalue weighted by molar-refractivity contribution is -0.384. The Morgan fingerprint density at radius 3 is 2.44 bits per heavy atom. The number of amides is 3. The summed E-state index contributed by atoms with van der Waals surface area (Å²) in [5, 5.41) is 25.5. The lowest BCUT2D eigenvalue weighted by Crippen LogP contribution is -2.45. The van der Waals surface area contributed by atoms with Gasteiger partial charge < -0.3 is 15.1 Å². The first-order valence-electron chi connectivity index (χ1n) is 10.6. The van der Waals surface area contributed by atoms with E-state index >= 15 is 0 Å². The van der Waals surface area contributed by atoms with E-state index in [1.165, 1.54) is 40.5 Å². The van der Waals surface area contributed by atoms with Gasteiger partial charge >= 0.3 is 6.03 Å². The average molecular weight is 482 g/mol. The fraction of sp³-hybridized carbons (Fsp3) is 0.273. The second kappa shape index (κ2) is 9.83. The molecular formula is C22H23N7O4S. The van der Waals surface area contributed by atoms with Crippen LogP contribution in [0.4, 0.5) is 27.0 Å². The quantitative estimate of drug-likeness (QED) is 0.404. The van der Waals surface area contributed by atoms with Crippen LogP contribution in [-0.4, -0.2) is 58.6 Å². The molecule has 3 amide bonds. The number of anilines is 3. The Morgan fingerprint density at radius 2 is 1.79 bits per heavy atom. The van der Waals surface area contributed by atoms with Crippen LogP contribution in [0.15, 0.2) is 48.5 Å². The SMILES string of the molecule is CN(C)c1ccc(-c2nnc(NC(=O)C3CCCN3C(=O)Nc3ccc([N+](=O)[O-])cc3)s2)cc1. The predicted molar refractivity (Wildman–Crippen MR) is 130 cm³/mol. The van der Waals surface area contributed by atoms with Gasteiger partial charge in [0, 0.05) is 49.7 Å². The van der Waals surface area contributed by atoms with Crippen molar-refractivity contribution < 1.29 is 14.5 Å². The van der Waals surface area contributed by atoms with E-state index in [-0.39, 0.29) is 11.6 Å². The number of hydrogen-bond donors (Lipinski definition) is 2. The van der Waals surface area contributed by atoms with Gasteiger partial charge in [-0.05, 0) is 49.2 Å². The number of nitrogens with zero attached hydrogens (tertiary/aromatic N) is 5. The Hall–Kier alpha value is -4.06. The van der Waals surface area contributed by atoms with Crippen molar-refractivity contribution >= 4 is 45.5 Å². The van der Waals surface area contributed by atoms with E-state index in [1.807, 2.05) is 43.3 Å². The summed E-state index contributed by atoms with van der Waals surface area (Å²) in [6.07, 6.45) is 1.21. The van der Waals surface area contributed by atoms with Crippen LogP contribution in [0.2, 0.25) is 0 Å². The highest BCUT2D eigenvalue weighted by atomic mass is 32.1. The Bertz CT molecular complexity index is 1190. The molecule has 2 aromatic carbocycles. The molecule has 1 aliphatic rings. The minimum atomic E-state index is -0.648. The van der Waals surface area contributed by atoms with Crippen LogP contribution in [-0.2, 0) is 4.79 Å². The number of carbonyl (C=O) groups is 2. The second-order valence-electron chi connectivity index (χ2n) is 7.93. The van der Waals surface area contributed by atoms with E-state index in [0.717, 1.165) is 11.3 Å². The van der Waals surface area contributed by atoms with Gasteiger partial charge in [-0.2, -0.15) is 0 Å². The number of aromatic nitrogens is 2. The summed E-state index contributed by atoms with van der Waals surface area (Å²) < 4.78 is 0. The fourth-order valence-electron chi connectivity index (χ4n) is 3.63. The molecule has 0 spiro atoms. The van der Waals surface area contributed by atoms with Gasteiger partial charge in [0.05, 0.1) is 4.92 Å². The number of hydrogen-bond acceptors (Lipinski definition) is 8. The maximum atomic E-state index is 12.9. The fourth-order valence-corrected chi connectivity index (χ4v) is 4.38. The zero-order chi connectivity index (χ0) is 24.2. The van der Waals surface area contributed by atoms with Gasteiger partial charge in [-0.3, -0.25) is 20.2 Å². The van der Waals surface area contributed by atoms with Gasteiger partial charge in [0.25, 0.3) is 5.69 Å². The van der Waals surface area contributed by atoms with Crippen molar-refractivity contribution in [1.82, 2.24) is 15.1 Å². The van der Waals surface area contributed by atoms with Crippen molar-refractivity contribution in [3.05, 3.63) is 58.6 Å². The number of rotatable bonds is 6. The Labute approximate surface area is 199 Å². The monoisotopic (exact) mass is 481 g/mol. The molecular weight excluding hydrogens is 458 g/mol. The number of benzene rings is 2. The summed E-state index contributed by atoms with van der Waals surface area (Å²) in [5.41, 5.74) is 2.31. The summed E-state index contributed by atoms with van der Waals surface area (Å²) in [4.78, 5) is 39.4. The topological polar surface area (TPSA) is 134 Å². The highest BCUT2D eigenvalue weighted by Gasteiger charge is 2.34. The van der Waals surface area contributed by atoms with E-state index < -0.39 is 17.0 Å². The molecule has 0 radical (unpaired) electrons. The Kier molecular flexibility index (Phi) is 6.68. The number of non-ortho nitro benzene ring substituents is 1. The number of urea groups is 1. The van der Waals surface area contributed by atoms with Crippen LogP contribution in [0, 0.1) is 10.1 Å². The van der Waals surface area contributed by atoms with Gasteiger partial charge in [-0.15, -0.1) is 10.2 Å². The third kappa shape index (κ3) is 5.12. The lowest BCUT2D eigenvalue weighted by atomic mass is 10.2. The molecule has 0 aliphatic carbocycles. The molecule has 1 atom stereocenters. The number of nitro groups is 1. The zero-order valence-corrected chi connectivity index (χ0v) is 19.4. The van der Waals surface area contributed by atoms with Crippen LogP contribution < -0.4 is 15.5 Å². The molecule has 12 heteroatoms. The van der Waals surface area contributed by atoms with Gasteiger partial charge in [0.2, 0.25) is 11.0 Å². The minimum absolute atomic E-state index is 0.0681. The number of likely N-dealkylation sites (tertiary alicyclic amines) is 1. The van der Waals surface area contributed by atoms with Gasteiger partial charge in [0.15, 0.2) is 0 Å². The predicted octanol–water partition coefficient (Wildman–Crippen LogP) is 3.81. The Morgan fingerprint density at radius 1 is 1.09 bits per heavy atom. The van der Waals surface area contributed by atoms with Crippen LogP contribution in [0.25, 0.3) is 10.6 Å².